The molecule has 0 aromatic heterocycles. The molecule has 1 aromatic rings. The van der Waals surface area contributed by atoms with E-state index in [0.717, 1.165) is 38.4 Å². The van der Waals surface area contributed by atoms with Gasteiger partial charge in [-0.25, -0.2) is 0 Å². The van der Waals surface area contributed by atoms with Gasteiger partial charge in [-0.2, -0.15) is 0 Å². The predicted octanol–water partition coefficient (Wildman–Crippen LogP) is 2.30. The molecule has 4 nitrogen and oxygen atoms in total. The average molecular weight is 277 g/mol. The summed E-state index contributed by atoms with van der Waals surface area (Å²) in [4.78, 5) is 14.3. The summed E-state index contributed by atoms with van der Waals surface area (Å²) in [5.41, 5.74) is 1.79. The molecule has 2 rings (SSSR count). The van der Waals surface area contributed by atoms with E-state index in [1.54, 1.807) is 0 Å². The lowest BCUT2D eigenvalue weighted by atomic mass is 10.1. The van der Waals surface area contributed by atoms with Crippen LogP contribution in [0.2, 0.25) is 0 Å². The Balaban J connectivity index is 1.92. The molecule has 0 amide bonds. The van der Waals surface area contributed by atoms with Gasteiger partial charge in [0.25, 0.3) is 0 Å². The van der Waals surface area contributed by atoms with Crippen LogP contribution >= 0.6 is 0 Å². The van der Waals surface area contributed by atoms with Crippen molar-refractivity contribution in [2.24, 2.45) is 0 Å². The van der Waals surface area contributed by atoms with Crippen molar-refractivity contribution in [3.8, 4) is 5.75 Å². The number of Topliss-reactive ketones (excluding diaryl/α,β-unsaturated/α-hetero) is 1. The highest BCUT2D eigenvalue weighted by molar-refractivity contribution is 5.98. The molecule has 0 unspecified atom stereocenters. The maximum Gasteiger partial charge on any atom is 0.166 e. The summed E-state index contributed by atoms with van der Waals surface area (Å²) in [7, 11) is 0. The van der Waals surface area contributed by atoms with E-state index in [4.69, 9.17) is 9.47 Å². The van der Waals surface area contributed by atoms with Crippen molar-refractivity contribution in [2.75, 3.05) is 39.5 Å². The number of carbonyl (C=O) groups is 1. The lowest BCUT2D eigenvalue weighted by molar-refractivity contribution is 0.0322. The molecule has 0 bridgehead atoms. The molecule has 1 aliphatic rings. The van der Waals surface area contributed by atoms with E-state index in [1.165, 1.54) is 0 Å². The Bertz CT molecular complexity index is 453. The highest BCUT2D eigenvalue weighted by atomic mass is 16.5. The standard InChI is InChI=1S/C16H23NO3/c1-3-15(18)14-12-13(2)4-5-16(14)20-11-8-17-6-9-19-10-7-17/h4-5,12H,3,6-11H2,1-2H3. The van der Waals surface area contributed by atoms with Crippen molar-refractivity contribution in [3.63, 3.8) is 0 Å². The number of rotatable bonds is 6. The normalized spacial score (nSPS) is 16.1. The van der Waals surface area contributed by atoms with Gasteiger partial charge in [0, 0.05) is 26.1 Å². The summed E-state index contributed by atoms with van der Waals surface area (Å²) in [5.74, 6) is 0.839. The maximum absolute atomic E-state index is 11.9. The Labute approximate surface area is 120 Å². The number of hydrogen-bond acceptors (Lipinski definition) is 4. The zero-order valence-electron chi connectivity index (χ0n) is 12.4. The molecule has 1 heterocycles. The van der Waals surface area contributed by atoms with Crippen LogP contribution in [0.25, 0.3) is 0 Å². The summed E-state index contributed by atoms with van der Waals surface area (Å²) >= 11 is 0. The SMILES string of the molecule is CCC(=O)c1cc(C)ccc1OCCN1CCOCC1. The fourth-order valence-corrected chi connectivity index (χ4v) is 2.29. The average Bonchev–Trinajstić information content (AvgIpc) is 2.49. The van der Waals surface area contributed by atoms with Crippen LogP contribution in [0, 0.1) is 6.92 Å². The highest BCUT2D eigenvalue weighted by Gasteiger charge is 2.13. The largest absolute Gasteiger partial charge is 0.491 e. The summed E-state index contributed by atoms with van der Waals surface area (Å²) in [6.45, 7) is 8.85. The summed E-state index contributed by atoms with van der Waals surface area (Å²) < 4.78 is 11.1. The predicted molar refractivity (Wildman–Crippen MR) is 78.6 cm³/mol. The number of nitrogens with zero attached hydrogens (tertiary/aromatic N) is 1. The van der Waals surface area contributed by atoms with E-state index in [-0.39, 0.29) is 5.78 Å². The van der Waals surface area contributed by atoms with Crippen molar-refractivity contribution in [1.82, 2.24) is 4.90 Å². The van der Waals surface area contributed by atoms with Crippen LogP contribution in [0.15, 0.2) is 18.2 Å². The van der Waals surface area contributed by atoms with Gasteiger partial charge >= 0.3 is 0 Å². The van der Waals surface area contributed by atoms with Crippen molar-refractivity contribution in [3.05, 3.63) is 29.3 Å². The molecular weight excluding hydrogens is 254 g/mol. The molecule has 110 valence electrons. The monoisotopic (exact) mass is 277 g/mol. The van der Waals surface area contributed by atoms with Gasteiger partial charge in [-0.3, -0.25) is 9.69 Å². The molecular formula is C16H23NO3. The van der Waals surface area contributed by atoms with Crippen LogP contribution in [0.5, 0.6) is 5.75 Å². The quantitative estimate of drug-likeness (QED) is 0.748. The Morgan fingerprint density at radius 2 is 2.10 bits per heavy atom. The Hall–Kier alpha value is -1.39. The third-order valence-corrected chi connectivity index (χ3v) is 3.53. The van der Waals surface area contributed by atoms with E-state index >= 15 is 0 Å². The van der Waals surface area contributed by atoms with E-state index in [1.807, 2.05) is 32.0 Å². The molecule has 0 radical (unpaired) electrons. The molecule has 0 N–H and O–H groups in total. The van der Waals surface area contributed by atoms with Crippen LogP contribution in [-0.2, 0) is 4.74 Å². The van der Waals surface area contributed by atoms with Crippen LogP contribution in [0.3, 0.4) is 0 Å². The zero-order chi connectivity index (χ0) is 14.4. The lowest BCUT2D eigenvalue weighted by Crippen LogP contribution is -2.38. The van der Waals surface area contributed by atoms with E-state index < -0.39 is 0 Å². The number of hydrogen-bond donors (Lipinski definition) is 0. The first-order chi connectivity index (χ1) is 9.70. The van der Waals surface area contributed by atoms with Gasteiger partial charge in [0.1, 0.15) is 12.4 Å². The summed E-state index contributed by atoms with van der Waals surface area (Å²) in [6.07, 6.45) is 0.503. The molecule has 0 atom stereocenters. The first-order valence-corrected chi connectivity index (χ1v) is 7.27. The molecule has 1 aromatic carbocycles. The first-order valence-electron chi connectivity index (χ1n) is 7.27. The fourth-order valence-electron chi connectivity index (χ4n) is 2.29. The number of ether oxygens (including phenoxy) is 2. The maximum atomic E-state index is 11.9. The van der Waals surface area contributed by atoms with Gasteiger partial charge in [0.15, 0.2) is 5.78 Å². The molecule has 0 saturated carbocycles. The van der Waals surface area contributed by atoms with Gasteiger partial charge in [0.2, 0.25) is 0 Å². The van der Waals surface area contributed by atoms with Crippen LogP contribution in [0.4, 0.5) is 0 Å². The molecule has 1 saturated heterocycles. The minimum absolute atomic E-state index is 0.134. The second kappa shape index (κ2) is 7.41. The molecule has 1 fully saturated rings. The highest BCUT2D eigenvalue weighted by Crippen LogP contribution is 2.21. The van der Waals surface area contributed by atoms with E-state index in [9.17, 15) is 4.79 Å². The van der Waals surface area contributed by atoms with Crippen LogP contribution in [-0.4, -0.2) is 50.1 Å². The van der Waals surface area contributed by atoms with Crippen LogP contribution in [0.1, 0.15) is 29.3 Å². The smallest absolute Gasteiger partial charge is 0.166 e. The van der Waals surface area contributed by atoms with E-state index in [2.05, 4.69) is 4.90 Å². The minimum atomic E-state index is 0.134. The van der Waals surface area contributed by atoms with Gasteiger partial charge in [-0.05, 0) is 19.1 Å². The van der Waals surface area contributed by atoms with Gasteiger partial charge in [0.05, 0.1) is 18.8 Å². The molecule has 1 aliphatic heterocycles. The zero-order valence-corrected chi connectivity index (χ0v) is 12.4. The van der Waals surface area contributed by atoms with Crippen molar-refractivity contribution in [2.45, 2.75) is 20.3 Å². The number of carbonyl (C=O) groups excluding carboxylic acids is 1. The minimum Gasteiger partial charge on any atom is -0.491 e. The Morgan fingerprint density at radius 1 is 1.35 bits per heavy atom. The van der Waals surface area contributed by atoms with Crippen molar-refractivity contribution < 1.29 is 14.3 Å². The van der Waals surface area contributed by atoms with Crippen molar-refractivity contribution in [1.29, 1.82) is 0 Å². The lowest BCUT2D eigenvalue weighted by Gasteiger charge is -2.26. The third-order valence-electron chi connectivity index (χ3n) is 3.53. The number of ketones is 1. The van der Waals surface area contributed by atoms with Crippen LogP contribution < -0.4 is 4.74 Å². The molecule has 0 aliphatic carbocycles. The summed E-state index contributed by atoms with van der Waals surface area (Å²) in [5, 5.41) is 0. The third kappa shape index (κ3) is 4.05. The topological polar surface area (TPSA) is 38.8 Å². The molecule has 0 spiro atoms. The first kappa shape index (κ1) is 15.0. The Kier molecular flexibility index (Phi) is 5.56. The molecule has 20 heavy (non-hydrogen) atoms. The Morgan fingerprint density at radius 3 is 2.80 bits per heavy atom. The van der Waals surface area contributed by atoms with Gasteiger partial charge in [-0.15, -0.1) is 0 Å². The number of morpholine rings is 1. The summed E-state index contributed by atoms with van der Waals surface area (Å²) in [6, 6.07) is 5.80. The van der Waals surface area contributed by atoms with E-state index in [0.29, 0.717) is 24.3 Å². The second-order valence-electron chi connectivity index (χ2n) is 5.08. The molecule has 4 heteroatoms. The fraction of sp³-hybridized carbons (Fsp3) is 0.562. The number of benzene rings is 1. The van der Waals surface area contributed by atoms with Crippen molar-refractivity contribution >= 4 is 5.78 Å². The van der Waals surface area contributed by atoms with Gasteiger partial charge < -0.3 is 9.47 Å². The number of aryl methyl sites for hydroxylation is 1. The van der Waals surface area contributed by atoms with Gasteiger partial charge in [-0.1, -0.05) is 18.6 Å². The second-order valence-corrected chi connectivity index (χ2v) is 5.08.